The molecular formula is C21H23NO7. The minimum atomic E-state index is -1.59. The Morgan fingerprint density at radius 3 is 2.14 bits per heavy atom. The molecule has 0 bridgehead atoms. The molecule has 0 aromatic heterocycles. The maximum absolute atomic E-state index is 12.3. The molecule has 2 aromatic carbocycles. The van der Waals surface area contributed by atoms with Gasteiger partial charge < -0.3 is 35.2 Å². The summed E-state index contributed by atoms with van der Waals surface area (Å²) < 4.78 is 10.4. The molecule has 5 N–H and O–H groups in total. The fourth-order valence-corrected chi connectivity index (χ4v) is 4.03. The van der Waals surface area contributed by atoms with Gasteiger partial charge in [0.25, 0.3) is 0 Å². The van der Waals surface area contributed by atoms with Crippen molar-refractivity contribution in [2.45, 2.75) is 36.6 Å². The predicted octanol–water partition coefficient (Wildman–Crippen LogP) is 0.325. The molecule has 2 aliphatic rings. The lowest BCUT2D eigenvalue weighted by atomic mass is 9.97. The lowest BCUT2D eigenvalue weighted by molar-refractivity contribution is -0.253. The van der Waals surface area contributed by atoms with E-state index >= 15 is 0 Å². The third-order valence-electron chi connectivity index (χ3n) is 5.53. The molecule has 1 unspecified atom stereocenters. The summed E-state index contributed by atoms with van der Waals surface area (Å²) in [6.45, 7) is -0.506. The van der Waals surface area contributed by atoms with Gasteiger partial charge in [-0.15, -0.1) is 0 Å². The highest BCUT2D eigenvalue weighted by atomic mass is 16.6. The van der Waals surface area contributed by atoms with Crippen LogP contribution in [-0.4, -0.2) is 70.4 Å². The molecule has 8 heteroatoms. The van der Waals surface area contributed by atoms with E-state index in [1.807, 2.05) is 48.5 Å². The Labute approximate surface area is 167 Å². The molecule has 4 rings (SSSR count). The van der Waals surface area contributed by atoms with Gasteiger partial charge in [-0.05, 0) is 22.3 Å². The molecule has 1 amide bonds. The zero-order valence-electron chi connectivity index (χ0n) is 15.5. The SMILES string of the molecule is O=C(N[C@@H]1C(O)O[C@H](CO)[C@@H](O)[C@@H]1O)OCC1c2ccccc2-c2ccccc21. The van der Waals surface area contributed by atoms with Gasteiger partial charge in [-0.1, -0.05) is 48.5 Å². The number of carbonyl (C=O) groups is 1. The van der Waals surface area contributed by atoms with Crippen molar-refractivity contribution in [3.8, 4) is 11.1 Å². The smallest absolute Gasteiger partial charge is 0.407 e. The van der Waals surface area contributed by atoms with Crippen LogP contribution in [0.15, 0.2) is 48.5 Å². The van der Waals surface area contributed by atoms with E-state index in [9.17, 15) is 20.1 Å². The normalized spacial score (nSPS) is 28.5. The number of amides is 1. The number of benzene rings is 2. The fraction of sp³-hybridized carbons (Fsp3) is 0.381. The molecule has 29 heavy (non-hydrogen) atoms. The summed E-state index contributed by atoms with van der Waals surface area (Å²) in [6, 6.07) is 14.5. The zero-order valence-corrected chi connectivity index (χ0v) is 15.5. The van der Waals surface area contributed by atoms with E-state index in [0.29, 0.717) is 0 Å². The summed E-state index contributed by atoms with van der Waals surface area (Å²) >= 11 is 0. The van der Waals surface area contributed by atoms with Crippen LogP contribution in [0.1, 0.15) is 17.0 Å². The molecule has 2 aromatic rings. The van der Waals surface area contributed by atoms with Crippen LogP contribution in [0, 0.1) is 0 Å². The van der Waals surface area contributed by atoms with E-state index in [4.69, 9.17) is 14.6 Å². The lowest BCUT2D eigenvalue weighted by Gasteiger charge is -2.40. The van der Waals surface area contributed by atoms with Crippen molar-refractivity contribution in [2.75, 3.05) is 13.2 Å². The van der Waals surface area contributed by atoms with Gasteiger partial charge in [-0.25, -0.2) is 4.79 Å². The van der Waals surface area contributed by atoms with Gasteiger partial charge in [0.2, 0.25) is 0 Å². The highest BCUT2D eigenvalue weighted by molar-refractivity contribution is 5.79. The van der Waals surface area contributed by atoms with Crippen molar-refractivity contribution in [3.05, 3.63) is 59.7 Å². The van der Waals surface area contributed by atoms with Gasteiger partial charge in [0.15, 0.2) is 6.29 Å². The molecule has 0 spiro atoms. The van der Waals surface area contributed by atoms with E-state index in [1.54, 1.807) is 0 Å². The Morgan fingerprint density at radius 2 is 1.55 bits per heavy atom. The molecular weight excluding hydrogens is 378 g/mol. The summed E-state index contributed by atoms with van der Waals surface area (Å²) in [5, 5.41) is 41.5. The van der Waals surface area contributed by atoms with Crippen LogP contribution >= 0.6 is 0 Å². The number of hydrogen-bond donors (Lipinski definition) is 5. The van der Waals surface area contributed by atoms with Crippen LogP contribution in [0.5, 0.6) is 0 Å². The number of hydrogen-bond acceptors (Lipinski definition) is 7. The molecule has 1 saturated heterocycles. The number of carbonyl (C=O) groups excluding carboxylic acids is 1. The van der Waals surface area contributed by atoms with E-state index in [2.05, 4.69) is 5.32 Å². The highest BCUT2D eigenvalue weighted by Gasteiger charge is 2.44. The van der Waals surface area contributed by atoms with Gasteiger partial charge in [0, 0.05) is 5.92 Å². The van der Waals surface area contributed by atoms with Crippen molar-refractivity contribution in [1.29, 1.82) is 0 Å². The zero-order chi connectivity index (χ0) is 20.5. The third-order valence-corrected chi connectivity index (χ3v) is 5.53. The largest absolute Gasteiger partial charge is 0.449 e. The Balaban J connectivity index is 1.43. The second-order valence-electron chi connectivity index (χ2n) is 7.22. The quantitative estimate of drug-likeness (QED) is 0.499. The topological polar surface area (TPSA) is 128 Å². The van der Waals surface area contributed by atoms with Crippen molar-refractivity contribution < 1.29 is 34.7 Å². The Hall–Kier alpha value is -2.49. The minimum Gasteiger partial charge on any atom is -0.449 e. The van der Waals surface area contributed by atoms with Crippen LogP contribution in [-0.2, 0) is 9.47 Å². The second-order valence-corrected chi connectivity index (χ2v) is 7.22. The monoisotopic (exact) mass is 401 g/mol. The first-order valence-corrected chi connectivity index (χ1v) is 9.43. The molecule has 1 fully saturated rings. The Kier molecular flexibility index (Phi) is 5.53. The maximum Gasteiger partial charge on any atom is 0.407 e. The van der Waals surface area contributed by atoms with Crippen LogP contribution in [0.2, 0.25) is 0 Å². The number of ether oxygens (including phenoxy) is 2. The summed E-state index contributed by atoms with van der Waals surface area (Å²) in [4.78, 5) is 12.3. The lowest BCUT2D eigenvalue weighted by Crippen LogP contribution is -2.64. The number of aliphatic hydroxyl groups is 4. The van der Waals surface area contributed by atoms with E-state index in [0.717, 1.165) is 22.3 Å². The Bertz CT molecular complexity index is 843. The van der Waals surface area contributed by atoms with Crippen LogP contribution in [0.25, 0.3) is 11.1 Å². The number of nitrogens with one attached hydrogen (secondary N) is 1. The van der Waals surface area contributed by atoms with Crippen LogP contribution in [0.4, 0.5) is 4.79 Å². The minimum absolute atomic E-state index is 0.0709. The van der Waals surface area contributed by atoms with E-state index in [1.165, 1.54) is 0 Å². The second kappa shape index (κ2) is 8.10. The van der Waals surface area contributed by atoms with Crippen molar-refractivity contribution in [3.63, 3.8) is 0 Å². The average Bonchev–Trinajstić information content (AvgIpc) is 3.06. The fourth-order valence-electron chi connectivity index (χ4n) is 4.03. The van der Waals surface area contributed by atoms with Crippen LogP contribution in [0.3, 0.4) is 0 Å². The highest BCUT2D eigenvalue weighted by Crippen LogP contribution is 2.44. The molecule has 1 heterocycles. The molecule has 0 radical (unpaired) electrons. The number of rotatable bonds is 4. The summed E-state index contributed by atoms with van der Waals surface area (Å²) in [7, 11) is 0. The van der Waals surface area contributed by atoms with Gasteiger partial charge >= 0.3 is 6.09 Å². The van der Waals surface area contributed by atoms with Gasteiger partial charge in [0.1, 0.15) is 31.0 Å². The summed E-state index contributed by atoms with van der Waals surface area (Å²) in [5.41, 5.74) is 4.32. The van der Waals surface area contributed by atoms with Crippen LogP contribution < -0.4 is 5.32 Å². The molecule has 8 nitrogen and oxygen atoms in total. The Morgan fingerprint density at radius 1 is 0.966 bits per heavy atom. The average molecular weight is 401 g/mol. The summed E-state index contributed by atoms with van der Waals surface area (Å²) in [5.74, 6) is -0.130. The van der Waals surface area contributed by atoms with E-state index in [-0.39, 0.29) is 12.5 Å². The summed E-state index contributed by atoms with van der Waals surface area (Å²) in [6.07, 6.45) is -6.56. The molecule has 1 aliphatic heterocycles. The van der Waals surface area contributed by atoms with Gasteiger partial charge in [-0.3, -0.25) is 0 Å². The molecule has 5 atom stereocenters. The number of fused-ring (bicyclic) bond motifs is 3. The van der Waals surface area contributed by atoms with Gasteiger partial charge in [-0.2, -0.15) is 0 Å². The van der Waals surface area contributed by atoms with Crippen molar-refractivity contribution in [2.24, 2.45) is 0 Å². The first kappa shape index (κ1) is 19.8. The van der Waals surface area contributed by atoms with Gasteiger partial charge in [0.05, 0.1) is 6.61 Å². The predicted molar refractivity (Wildman–Crippen MR) is 102 cm³/mol. The van der Waals surface area contributed by atoms with E-state index < -0.39 is 43.3 Å². The standard InChI is InChI=1S/C21H23NO7/c23-9-16-18(24)19(25)17(20(26)29-16)22-21(27)28-10-15-13-7-3-1-5-11(13)12-6-2-4-8-14(12)15/h1-8,15-20,23-26H,9-10H2,(H,22,27)/t16-,17+,18-,19-,20?/m1/s1. The van der Waals surface area contributed by atoms with Crippen molar-refractivity contribution >= 4 is 6.09 Å². The number of aliphatic hydroxyl groups excluding tert-OH is 4. The maximum atomic E-state index is 12.3. The first-order chi connectivity index (χ1) is 14.0. The molecule has 0 saturated carbocycles. The third kappa shape index (κ3) is 3.61. The first-order valence-electron chi connectivity index (χ1n) is 9.43. The molecule has 1 aliphatic carbocycles. The van der Waals surface area contributed by atoms with Crippen molar-refractivity contribution in [1.82, 2.24) is 5.32 Å². The number of alkyl carbamates (subject to hydrolysis) is 1. The molecule has 154 valence electrons.